The maximum Gasteiger partial charge on any atom is 0.296 e. The van der Waals surface area contributed by atoms with Gasteiger partial charge >= 0.3 is 0 Å². The van der Waals surface area contributed by atoms with Crippen molar-refractivity contribution < 1.29 is 12.6 Å². The molecule has 3 aliphatic heterocycles. The summed E-state index contributed by atoms with van der Waals surface area (Å²) in [5, 5.41) is 3.22. The Kier molecular flexibility index (Phi) is 19.3. The second-order valence-electron chi connectivity index (χ2n) is 14.7. The Labute approximate surface area is 311 Å². The van der Waals surface area contributed by atoms with Crippen LogP contribution in [0.1, 0.15) is 105 Å². The molecule has 3 aliphatic rings. The summed E-state index contributed by atoms with van der Waals surface area (Å²) < 4.78 is 29.3. The summed E-state index contributed by atoms with van der Waals surface area (Å²) in [5.41, 5.74) is 6.63. The van der Waals surface area contributed by atoms with E-state index in [2.05, 4.69) is 70.6 Å². The molecule has 0 bridgehead atoms. The van der Waals surface area contributed by atoms with Crippen LogP contribution in [0.2, 0.25) is 0 Å². The van der Waals surface area contributed by atoms with Gasteiger partial charge in [-0.25, -0.2) is 0 Å². The maximum atomic E-state index is 12.1. The number of hydrogen-bond donors (Lipinski definition) is 1. The number of aryl methyl sites for hydroxylation is 5. The molecule has 1 N–H and O–H groups in total. The Hall–Kier alpha value is -2.55. The van der Waals surface area contributed by atoms with Crippen LogP contribution in [0.15, 0.2) is 77.7 Å². The van der Waals surface area contributed by atoms with Gasteiger partial charge in [0, 0.05) is 0 Å². The van der Waals surface area contributed by atoms with E-state index in [0.717, 1.165) is 18.4 Å². The zero-order chi connectivity index (χ0) is 36.0. The van der Waals surface area contributed by atoms with Gasteiger partial charge < -0.3 is 15.1 Å². The molecule has 0 unspecified atom stereocenters. The highest BCUT2D eigenvalue weighted by molar-refractivity contribution is 7.86. The van der Waals surface area contributed by atoms with E-state index in [1.165, 1.54) is 152 Å². The van der Waals surface area contributed by atoms with Crippen molar-refractivity contribution in [2.24, 2.45) is 0 Å². The average molecular weight is 718 g/mol. The molecule has 7 heteroatoms. The molecule has 51 heavy (non-hydrogen) atoms. The predicted octanol–water partition coefficient (Wildman–Crippen LogP) is 8.79. The molecule has 0 aromatic heterocycles. The number of rotatable bonds is 17. The molecule has 3 heterocycles. The quantitative estimate of drug-likeness (QED) is 0.111. The normalized spacial score (nSPS) is 16.4. The van der Waals surface area contributed by atoms with Crippen LogP contribution in [0.4, 0.5) is 0 Å². The van der Waals surface area contributed by atoms with Crippen molar-refractivity contribution in [1.29, 1.82) is 0 Å². The number of nitrogens with one attached hydrogen (secondary N) is 1. The van der Waals surface area contributed by atoms with Crippen molar-refractivity contribution in [2.45, 2.75) is 115 Å². The lowest BCUT2D eigenvalue weighted by molar-refractivity contribution is 0.312. The van der Waals surface area contributed by atoms with Crippen molar-refractivity contribution in [3.05, 3.63) is 101 Å². The molecule has 3 saturated heterocycles. The summed E-state index contributed by atoms with van der Waals surface area (Å²) in [6, 6.07) is 24.7. The van der Waals surface area contributed by atoms with E-state index >= 15 is 0 Å². The van der Waals surface area contributed by atoms with Crippen LogP contribution in [0.25, 0.3) is 0 Å². The smallest absolute Gasteiger partial charge is 0.296 e. The third-order valence-electron chi connectivity index (χ3n) is 10.3. The fraction of sp³-hybridized carbons (Fsp3) is 0.591. The molecule has 6 nitrogen and oxygen atoms in total. The third kappa shape index (κ3) is 16.8. The van der Waals surface area contributed by atoms with Crippen LogP contribution in [0, 0.1) is 6.92 Å². The highest BCUT2D eigenvalue weighted by atomic mass is 32.2. The van der Waals surface area contributed by atoms with E-state index in [1.807, 2.05) is 6.92 Å². The molecule has 3 fully saturated rings. The number of hydrogen-bond acceptors (Lipinski definition) is 6. The maximum absolute atomic E-state index is 12.1. The molecule has 0 radical (unpaired) electrons. The molecule has 282 valence electrons. The minimum absolute atomic E-state index is 0.202. The fourth-order valence-corrected chi connectivity index (χ4v) is 7.94. The van der Waals surface area contributed by atoms with Crippen molar-refractivity contribution in [2.75, 3.05) is 59.0 Å². The lowest BCUT2D eigenvalue weighted by Crippen LogP contribution is -2.20. The molecule has 6 rings (SSSR count). The van der Waals surface area contributed by atoms with Gasteiger partial charge in [0.15, 0.2) is 0 Å². The number of benzene rings is 3. The zero-order valence-electron chi connectivity index (χ0n) is 31.9. The second kappa shape index (κ2) is 23.9. The Morgan fingerprint density at radius 2 is 0.980 bits per heavy atom. The van der Waals surface area contributed by atoms with Gasteiger partial charge in [0.2, 0.25) is 0 Å². The Morgan fingerprint density at radius 3 is 1.37 bits per heavy atom. The summed E-state index contributed by atoms with van der Waals surface area (Å²) in [4.78, 5) is 5.45. The summed E-state index contributed by atoms with van der Waals surface area (Å²) >= 11 is 0. The Balaban J connectivity index is 0.000000201. The number of nitrogens with zero attached hydrogens (tertiary/aromatic N) is 2. The largest absolute Gasteiger partial charge is 0.317 e. The molecular formula is C44H67N3O3S. The van der Waals surface area contributed by atoms with E-state index < -0.39 is 10.1 Å². The van der Waals surface area contributed by atoms with E-state index in [9.17, 15) is 8.42 Å². The molecule has 0 atom stereocenters. The summed E-state index contributed by atoms with van der Waals surface area (Å²) in [6.45, 7) is 14.7. The highest BCUT2D eigenvalue weighted by Gasteiger charge is 2.15. The second-order valence-corrected chi connectivity index (χ2v) is 16.3. The first-order chi connectivity index (χ1) is 24.9. The molecule has 0 spiro atoms. The lowest BCUT2D eigenvalue weighted by Gasteiger charge is -2.14. The lowest BCUT2D eigenvalue weighted by atomic mass is 10.0. The Morgan fingerprint density at radius 1 is 0.569 bits per heavy atom. The SMILES string of the molecule is C1CCNC1.CCCCc1ccc(CCCOS(=O)(=O)c2ccc(C)cc2)cc1.c1cc(CCCN2CCCC2)ccc1CCCN1CCCC1. The van der Waals surface area contributed by atoms with Crippen LogP contribution in [-0.2, 0) is 40.0 Å². The van der Waals surface area contributed by atoms with Gasteiger partial charge in [-0.3, -0.25) is 4.18 Å². The minimum Gasteiger partial charge on any atom is -0.317 e. The molecule has 0 aliphatic carbocycles. The topological polar surface area (TPSA) is 61.9 Å². The Bertz CT molecular complexity index is 1380. The predicted molar refractivity (Wildman–Crippen MR) is 214 cm³/mol. The van der Waals surface area contributed by atoms with Crippen molar-refractivity contribution in [1.82, 2.24) is 15.1 Å². The van der Waals surface area contributed by atoms with E-state index in [4.69, 9.17) is 4.18 Å². The minimum atomic E-state index is -3.65. The van der Waals surface area contributed by atoms with Gasteiger partial charge in [-0.1, -0.05) is 79.6 Å². The first kappa shape index (κ1) is 41.2. The number of likely N-dealkylation sites (tertiary alicyclic amines) is 2. The highest BCUT2D eigenvalue weighted by Crippen LogP contribution is 2.16. The van der Waals surface area contributed by atoms with Crippen molar-refractivity contribution in [3.63, 3.8) is 0 Å². The average Bonchev–Trinajstić information content (AvgIpc) is 3.98. The number of unbranched alkanes of at least 4 members (excludes halogenated alkanes) is 1. The first-order valence-corrected chi connectivity index (χ1v) is 21.6. The van der Waals surface area contributed by atoms with Crippen LogP contribution in [0.5, 0.6) is 0 Å². The first-order valence-electron chi connectivity index (χ1n) is 20.2. The molecule has 3 aromatic carbocycles. The monoisotopic (exact) mass is 717 g/mol. The van der Waals surface area contributed by atoms with Crippen LogP contribution in [0.3, 0.4) is 0 Å². The summed E-state index contributed by atoms with van der Waals surface area (Å²) in [5.74, 6) is 0. The van der Waals surface area contributed by atoms with Crippen molar-refractivity contribution >= 4 is 10.1 Å². The van der Waals surface area contributed by atoms with E-state index in [1.54, 1.807) is 24.3 Å². The molecule has 3 aromatic rings. The van der Waals surface area contributed by atoms with Crippen LogP contribution < -0.4 is 5.32 Å². The summed E-state index contributed by atoms with van der Waals surface area (Å²) in [6.07, 6.45) is 18.6. The standard InChI is InChI=1S/C20H32N2.C20H26O3S.C4H9N/c1-2-14-21(13-1)17-5-7-19-9-11-20(12-10-19)8-6-18-22-15-3-4-16-22;1-3-4-6-18-10-12-19(13-11-18)7-5-16-23-24(21,22)20-14-8-17(2)9-15-20;1-2-4-5-3-1/h9-12H,1-8,13-18H2;8-15H,3-7,16H2,1-2H3;5H,1-4H2. The zero-order valence-corrected chi connectivity index (χ0v) is 32.7. The van der Waals surface area contributed by atoms with E-state index in [-0.39, 0.29) is 11.5 Å². The van der Waals surface area contributed by atoms with Gasteiger partial charge in [0.05, 0.1) is 11.5 Å². The molecular weight excluding hydrogens is 651 g/mol. The molecule has 0 saturated carbocycles. The van der Waals surface area contributed by atoms with Gasteiger partial charge in [-0.15, -0.1) is 0 Å². The van der Waals surface area contributed by atoms with Crippen molar-refractivity contribution in [3.8, 4) is 0 Å². The fourth-order valence-electron chi connectivity index (χ4n) is 7.00. The van der Waals surface area contributed by atoms with Gasteiger partial charge in [-0.2, -0.15) is 8.42 Å². The summed E-state index contributed by atoms with van der Waals surface area (Å²) in [7, 11) is -3.65. The molecule has 0 amide bonds. The van der Waals surface area contributed by atoms with Crippen LogP contribution in [-0.4, -0.2) is 77.2 Å². The van der Waals surface area contributed by atoms with Gasteiger partial charge in [0.1, 0.15) is 0 Å². The third-order valence-corrected chi connectivity index (χ3v) is 11.6. The van der Waals surface area contributed by atoms with Gasteiger partial charge in [-0.05, 0) is 184 Å². The van der Waals surface area contributed by atoms with Crippen LogP contribution >= 0.6 is 0 Å². The van der Waals surface area contributed by atoms with Gasteiger partial charge in [0.25, 0.3) is 10.1 Å². The van der Waals surface area contributed by atoms with E-state index in [0.29, 0.717) is 6.42 Å².